The molecule has 0 spiro atoms. The van der Waals surface area contributed by atoms with Crippen molar-refractivity contribution in [2.75, 3.05) is 36.3 Å². The van der Waals surface area contributed by atoms with Crippen molar-refractivity contribution >= 4 is 40.6 Å². The molecular weight excluding hydrogens is 282 g/mol. The average Bonchev–Trinajstić information content (AvgIpc) is 2.35. The van der Waals surface area contributed by atoms with Crippen LogP contribution in [0.25, 0.3) is 0 Å². The maximum atomic E-state index is 11.8. The van der Waals surface area contributed by atoms with Gasteiger partial charge >= 0.3 is 0 Å². The molecule has 6 heteroatoms. The van der Waals surface area contributed by atoms with Gasteiger partial charge in [-0.15, -0.1) is 0 Å². The second-order valence-electron chi connectivity index (χ2n) is 4.44. The van der Waals surface area contributed by atoms with Gasteiger partial charge in [0.15, 0.2) is 0 Å². The first-order valence-corrected chi connectivity index (χ1v) is 7.75. The molecule has 0 saturated heterocycles. The SMILES string of the molecule is CSCC[C@H](N)C(=O)Nc1ccc(N(C)C)c(Cl)c1. The summed E-state index contributed by atoms with van der Waals surface area (Å²) in [6.45, 7) is 0. The Kier molecular flexibility index (Phi) is 6.48. The van der Waals surface area contributed by atoms with Crippen LogP contribution in [0.3, 0.4) is 0 Å². The highest BCUT2D eigenvalue weighted by molar-refractivity contribution is 7.98. The van der Waals surface area contributed by atoms with E-state index in [1.165, 1.54) is 0 Å². The van der Waals surface area contributed by atoms with E-state index in [4.69, 9.17) is 17.3 Å². The number of amides is 1. The molecule has 0 unspecified atom stereocenters. The Labute approximate surface area is 123 Å². The highest BCUT2D eigenvalue weighted by Gasteiger charge is 2.13. The molecule has 106 valence electrons. The van der Waals surface area contributed by atoms with Crippen LogP contribution in [-0.4, -0.2) is 38.1 Å². The lowest BCUT2D eigenvalue weighted by atomic mass is 10.2. The van der Waals surface area contributed by atoms with Crippen LogP contribution in [-0.2, 0) is 4.79 Å². The van der Waals surface area contributed by atoms with Crippen LogP contribution >= 0.6 is 23.4 Å². The molecule has 0 radical (unpaired) electrons. The van der Waals surface area contributed by atoms with Crippen LogP contribution in [0, 0.1) is 0 Å². The van der Waals surface area contributed by atoms with E-state index in [2.05, 4.69) is 5.32 Å². The quantitative estimate of drug-likeness (QED) is 0.847. The molecule has 1 amide bonds. The Morgan fingerprint density at radius 2 is 2.21 bits per heavy atom. The number of nitrogens with zero attached hydrogens (tertiary/aromatic N) is 1. The Balaban J connectivity index is 2.67. The van der Waals surface area contributed by atoms with Crippen LogP contribution in [0.4, 0.5) is 11.4 Å². The van der Waals surface area contributed by atoms with E-state index >= 15 is 0 Å². The summed E-state index contributed by atoms with van der Waals surface area (Å²) in [6, 6.07) is 4.93. The number of carbonyl (C=O) groups excluding carboxylic acids is 1. The molecule has 19 heavy (non-hydrogen) atoms. The first kappa shape index (κ1) is 16.1. The molecular formula is C13H20ClN3OS. The Morgan fingerprint density at radius 3 is 2.74 bits per heavy atom. The number of anilines is 2. The van der Waals surface area contributed by atoms with Gasteiger partial charge in [0.05, 0.1) is 16.8 Å². The third-order valence-corrected chi connectivity index (χ3v) is 3.61. The summed E-state index contributed by atoms with van der Waals surface area (Å²) in [5.41, 5.74) is 7.38. The first-order valence-electron chi connectivity index (χ1n) is 5.98. The summed E-state index contributed by atoms with van der Waals surface area (Å²) < 4.78 is 0. The molecule has 0 aliphatic heterocycles. The fraction of sp³-hybridized carbons (Fsp3) is 0.462. The number of carbonyl (C=O) groups is 1. The Hall–Kier alpha value is -0.910. The van der Waals surface area contributed by atoms with Gasteiger partial charge in [0, 0.05) is 19.8 Å². The number of nitrogens with two attached hydrogens (primary N) is 1. The number of hydrogen-bond donors (Lipinski definition) is 2. The van der Waals surface area contributed by atoms with Gasteiger partial charge in [0.2, 0.25) is 5.91 Å². The third-order valence-electron chi connectivity index (χ3n) is 2.67. The van der Waals surface area contributed by atoms with E-state index in [-0.39, 0.29) is 5.91 Å². The van der Waals surface area contributed by atoms with E-state index in [9.17, 15) is 4.79 Å². The van der Waals surface area contributed by atoms with Gasteiger partial charge in [-0.25, -0.2) is 0 Å². The van der Waals surface area contributed by atoms with E-state index in [1.54, 1.807) is 17.8 Å². The molecule has 0 aromatic heterocycles. The number of halogens is 1. The number of rotatable bonds is 6. The minimum Gasteiger partial charge on any atom is -0.376 e. The lowest BCUT2D eigenvalue weighted by Crippen LogP contribution is -2.36. The Bertz CT molecular complexity index is 440. The van der Waals surface area contributed by atoms with Gasteiger partial charge in [0.25, 0.3) is 0 Å². The van der Waals surface area contributed by atoms with Gasteiger partial charge in [-0.1, -0.05) is 11.6 Å². The van der Waals surface area contributed by atoms with Gasteiger partial charge < -0.3 is 16.0 Å². The van der Waals surface area contributed by atoms with Gasteiger partial charge in [-0.2, -0.15) is 11.8 Å². The summed E-state index contributed by atoms with van der Waals surface area (Å²) in [5, 5.41) is 3.38. The molecule has 1 aromatic rings. The molecule has 3 N–H and O–H groups in total. The van der Waals surface area contributed by atoms with Crippen LogP contribution in [0.5, 0.6) is 0 Å². The lowest BCUT2D eigenvalue weighted by molar-refractivity contribution is -0.117. The van der Waals surface area contributed by atoms with Gasteiger partial charge in [-0.3, -0.25) is 4.79 Å². The molecule has 1 atom stereocenters. The lowest BCUT2D eigenvalue weighted by Gasteiger charge is -2.16. The average molecular weight is 302 g/mol. The minimum atomic E-state index is -0.486. The summed E-state index contributed by atoms with van der Waals surface area (Å²) in [6.07, 6.45) is 2.65. The standard InChI is InChI=1S/C13H20ClN3OS/c1-17(2)12-5-4-9(8-10(12)14)16-13(18)11(15)6-7-19-3/h4-5,8,11H,6-7,15H2,1-3H3,(H,16,18)/t11-/m0/s1. The molecule has 1 rings (SSSR count). The number of benzene rings is 1. The van der Waals surface area contributed by atoms with E-state index in [0.29, 0.717) is 17.1 Å². The molecule has 0 aliphatic carbocycles. The normalized spacial score (nSPS) is 12.1. The van der Waals surface area contributed by atoms with Crippen molar-refractivity contribution in [3.63, 3.8) is 0 Å². The topological polar surface area (TPSA) is 58.4 Å². The zero-order valence-electron chi connectivity index (χ0n) is 11.4. The summed E-state index contributed by atoms with van der Waals surface area (Å²) >= 11 is 7.82. The van der Waals surface area contributed by atoms with Crippen molar-refractivity contribution < 1.29 is 4.79 Å². The molecule has 1 aromatic carbocycles. The molecule has 0 heterocycles. The van der Waals surface area contributed by atoms with Crippen LogP contribution in [0.1, 0.15) is 6.42 Å². The second-order valence-corrected chi connectivity index (χ2v) is 5.83. The Morgan fingerprint density at radius 1 is 1.53 bits per heavy atom. The van der Waals surface area contributed by atoms with Gasteiger partial charge in [0.1, 0.15) is 0 Å². The van der Waals surface area contributed by atoms with E-state index in [1.807, 2.05) is 37.4 Å². The third kappa shape index (κ3) is 4.93. The van der Waals surface area contributed by atoms with E-state index < -0.39 is 6.04 Å². The molecule has 0 fully saturated rings. The predicted molar refractivity (Wildman–Crippen MR) is 85.4 cm³/mol. The predicted octanol–water partition coefficient (Wildman–Crippen LogP) is 2.42. The van der Waals surface area contributed by atoms with Crippen molar-refractivity contribution in [2.45, 2.75) is 12.5 Å². The summed E-state index contributed by atoms with van der Waals surface area (Å²) in [5.74, 6) is 0.692. The maximum absolute atomic E-state index is 11.8. The smallest absolute Gasteiger partial charge is 0.241 e. The molecule has 0 bridgehead atoms. The number of hydrogen-bond acceptors (Lipinski definition) is 4. The first-order chi connectivity index (χ1) is 8.95. The van der Waals surface area contributed by atoms with Crippen molar-refractivity contribution in [1.82, 2.24) is 0 Å². The highest BCUT2D eigenvalue weighted by Crippen LogP contribution is 2.27. The van der Waals surface area contributed by atoms with Crippen molar-refractivity contribution in [2.24, 2.45) is 5.73 Å². The molecule has 0 saturated carbocycles. The van der Waals surface area contributed by atoms with Gasteiger partial charge in [-0.05, 0) is 36.6 Å². The second kappa shape index (κ2) is 7.62. The highest BCUT2D eigenvalue weighted by atomic mass is 35.5. The van der Waals surface area contributed by atoms with Crippen LogP contribution in [0.15, 0.2) is 18.2 Å². The summed E-state index contributed by atoms with van der Waals surface area (Å²) in [7, 11) is 3.83. The molecule has 0 aliphatic rings. The van der Waals surface area contributed by atoms with E-state index in [0.717, 1.165) is 11.4 Å². The molecule has 4 nitrogen and oxygen atoms in total. The monoisotopic (exact) mass is 301 g/mol. The van der Waals surface area contributed by atoms with Crippen LogP contribution < -0.4 is 16.0 Å². The largest absolute Gasteiger partial charge is 0.376 e. The zero-order chi connectivity index (χ0) is 14.4. The number of nitrogens with one attached hydrogen (secondary N) is 1. The van der Waals surface area contributed by atoms with Crippen molar-refractivity contribution in [3.05, 3.63) is 23.2 Å². The number of thioether (sulfide) groups is 1. The zero-order valence-corrected chi connectivity index (χ0v) is 13.0. The summed E-state index contributed by atoms with van der Waals surface area (Å²) in [4.78, 5) is 13.8. The van der Waals surface area contributed by atoms with Crippen molar-refractivity contribution in [3.8, 4) is 0 Å². The van der Waals surface area contributed by atoms with Crippen LogP contribution in [0.2, 0.25) is 5.02 Å². The van der Waals surface area contributed by atoms with Crippen molar-refractivity contribution in [1.29, 1.82) is 0 Å². The fourth-order valence-electron chi connectivity index (χ4n) is 1.56. The minimum absolute atomic E-state index is 0.178. The maximum Gasteiger partial charge on any atom is 0.241 e. The fourth-order valence-corrected chi connectivity index (χ4v) is 2.40.